The van der Waals surface area contributed by atoms with Crippen molar-refractivity contribution in [1.29, 1.82) is 0 Å². The van der Waals surface area contributed by atoms with Gasteiger partial charge in [-0.05, 0) is 76.9 Å². The molecule has 1 aliphatic carbocycles. The topological polar surface area (TPSA) is 37.3 Å². The molecule has 1 aliphatic heterocycles. The van der Waals surface area contributed by atoms with E-state index in [2.05, 4.69) is 36.4 Å². The zero-order valence-corrected chi connectivity index (χ0v) is 25.1. The van der Waals surface area contributed by atoms with Crippen LogP contribution in [-0.4, -0.2) is 10.9 Å². The van der Waals surface area contributed by atoms with Gasteiger partial charge in [-0.3, -0.25) is 4.79 Å². The highest BCUT2D eigenvalue weighted by molar-refractivity contribution is 8.08. The van der Waals surface area contributed by atoms with E-state index in [-0.39, 0.29) is 11.5 Å². The van der Waals surface area contributed by atoms with Gasteiger partial charge in [0.15, 0.2) is 0 Å². The third kappa shape index (κ3) is 5.01. The fraction of sp³-hybridized carbons (Fsp3) is 0. The van der Waals surface area contributed by atoms with Gasteiger partial charge in [0.25, 0.3) is 0 Å². The van der Waals surface area contributed by atoms with E-state index in [0.29, 0.717) is 21.2 Å². The van der Waals surface area contributed by atoms with Crippen LogP contribution >= 0.6 is 46.3 Å². The van der Waals surface area contributed by atoms with Crippen molar-refractivity contribution in [3.63, 3.8) is 0 Å². The third-order valence-electron chi connectivity index (χ3n) is 7.24. The number of halogens is 2. The number of aliphatic hydroxyl groups excluding tert-OH is 1. The summed E-state index contributed by atoms with van der Waals surface area (Å²) in [5.74, 6) is -0.203. The van der Waals surface area contributed by atoms with Gasteiger partial charge in [-0.2, -0.15) is 0 Å². The summed E-state index contributed by atoms with van der Waals surface area (Å²) in [4.78, 5) is 16.6. The second kappa shape index (κ2) is 11.0. The predicted molar refractivity (Wildman–Crippen MR) is 179 cm³/mol. The summed E-state index contributed by atoms with van der Waals surface area (Å²) >= 11 is 15.9. The van der Waals surface area contributed by atoms with Gasteiger partial charge in [-0.15, -0.1) is 0 Å². The Bertz CT molecular complexity index is 2040. The highest BCUT2D eigenvalue weighted by Gasteiger charge is 2.33. The number of hydrogen-bond acceptors (Lipinski definition) is 3. The molecule has 0 radical (unpaired) electrons. The number of thioether (sulfide) groups is 1. The number of aliphatic hydroxyl groups is 1. The Kier molecular flexibility index (Phi) is 7.09. The fourth-order valence-electron chi connectivity index (χ4n) is 5.12. The van der Waals surface area contributed by atoms with Crippen LogP contribution in [0.1, 0.15) is 16.7 Å². The quantitative estimate of drug-likeness (QED) is 0.160. The number of fused-ring (bicyclic) bond motifs is 2. The highest BCUT2D eigenvalue weighted by Crippen LogP contribution is 2.47. The van der Waals surface area contributed by atoms with Gasteiger partial charge in [0.2, 0.25) is 26.7 Å². The van der Waals surface area contributed by atoms with Crippen molar-refractivity contribution in [2.24, 2.45) is 0 Å². The Balaban J connectivity index is 1.33. The van der Waals surface area contributed by atoms with Gasteiger partial charge in [0, 0.05) is 42.9 Å². The maximum absolute atomic E-state index is 13.5. The van der Waals surface area contributed by atoms with Crippen LogP contribution < -0.4 is 0 Å². The van der Waals surface area contributed by atoms with Crippen LogP contribution in [0.5, 0.6) is 0 Å². The minimum absolute atomic E-state index is 0.00759. The molecule has 0 fully saturated rings. The van der Waals surface area contributed by atoms with Crippen molar-refractivity contribution >= 4 is 78.7 Å². The molecule has 5 aromatic rings. The lowest BCUT2D eigenvalue weighted by molar-refractivity contribution is -0.113. The Morgan fingerprint density at radius 1 is 0.762 bits per heavy atom. The lowest BCUT2D eigenvalue weighted by Crippen LogP contribution is -2.21. The average Bonchev–Trinajstić information content (AvgIpc) is 3.02. The fourth-order valence-corrected chi connectivity index (χ4v) is 7.91. The van der Waals surface area contributed by atoms with Crippen LogP contribution in [0.15, 0.2) is 137 Å². The Labute approximate surface area is 261 Å². The maximum Gasteiger partial charge on any atom is 0.240 e. The molecule has 0 bridgehead atoms. The van der Waals surface area contributed by atoms with Crippen LogP contribution in [0.4, 0.5) is 0 Å². The smallest absolute Gasteiger partial charge is 0.240 e. The summed E-state index contributed by atoms with van der Waals surface area (Å²) in [7, 11) is 0. The van der Waals surface area contributed by atoms with Crippen molar-refractivity contribution in [2.75, 3.05) is 0 Å². The van der Waals surface area contributed by atoms with Crippen molar-refractivity contribution in [3.05, 3.63) is 159 Å². The van der Waals surface area contributed by atoms with Gasteiger partial charge in [-0.1, -0.05) is 89.6 Å². The molecular weight excluding hydrogens is 599 g/mol. The Morgan fingerprint density at radius 3 is 2.19 bits per heavy atom. The maximum atomic E-state index is 13.5. The molecular formula is C36H21Cl2O2S2+. The molecule has 202 valence electrons. The molecule has 0 saturated carbocycles. The molecule has 2 aliphatic rings. The Hall–Kier alpha value is -3.93. The number of carbonyl (C=O) groups excluding carboxylic acids is 1. The Morgan fingerprint density at radius 2 is 1.45 bits per heavy atom. The summed E-state index contributed by atoms with van der Waals surface area (Å²) in [6.07, 6.45) is 5.63. The zero-order valence-electron chi connectivity index (χ0n) is 22.0. The molecule has 0 atom stereocenters. The largest absolute Gasteiger partial charge is 0.506 e. The number of benzene rings is 4. The van der Waals surface area contributed by atoms with E-state index in [1.165, 1.54) is 0 Å². The van der Waals surface area contributed by atoms with Crippen molar-refractivity contribution in [1.82, 2.24) is 0 Å². The van der Waals surface area contributed by atoms with Gasteiger partial charge >= 0.3 is 0 Å². The third-order valence-corrected chi connectivity index (χ3v) is 9.97. The summed E-state index contributed by atoms with van der Waals surface area (Å²) in [6, 6.07) is 33.7. The standard InChI is InChI=1S/C36H20Cl2O2S2/c37-25-11-13-27-23(17-31(41-33(27)19-25)21-7-3-1-4-8-21)15-29-35(39)30(36(29)40)16-24-18-32(22-9-5-2-6-10-22)42-34-20-26(38)12-14-28(24)34/h1-20H/p+1. The number of ketones is 1. The van der Waals surface area contributed by atoms with Gasteiger partial charge in [0.1, 0.15) is 5.76 Å². The van der Waals surface area contributed by atoms with Crippen LogP contribution in [0.3, 0.4) is 0 Å². The molecule has 0 unspecified atom stereocenters. The minimum Gasteiger partial charge on any atom is -0.506 e. The van der Waals surface area contributed by atoms with Gasteiger partial charge < -0.3 is 5.11 Å². The first-order valence-electron chi connectivity index (χ1n) is 13.2. The van der Waals surface area contributed by atoms with E-state index in [0.717, 1.165) is 52.6 Å². The molecule has 0 saturated heterocycles. The van der Waals surface area contributed by atoms with E-state index >= 15 is 0 Å². The summed E-state index contributed by atoms with van der Waals surface area (Å²) in [5, 5.41) is 13.4. The van der Waals surface area contributed by atoms with Gasteiger partial charge in [-0.25, -0.2) is 0 Å². The van der Waals surface area contributed by atoms with E-state index in [1.54, 1.807) is 35.3 Å². The van der Waals surface area contributed by atoms with Crippen LogP contribution in [0, 0.1) is 0 Å². The number of allylic oxidation sites excluding steroid dienone is 5. The van der Waals surface area contributed by atoms with E-state index < -0.39 is 0 Å². The molecule has 1 aromatic heterocycles. The number of Topliss-reactive ketones (excluding diaryl/α,β-unsaturated/α-hetero) is 1. The molecule has 4 aromatic carbocycles. The minimum atomic E-state index is -0.195. The SMILES string of the molecule is O=C1C(/C=C2\C=C(c3ccccc3)Sc3cc(Cl)ccc32)=C(O)C/1=C\c1cc(-c2ccccc2)[s+]c2cc(Cl)ccc12. The summed E-state index contributed by atoms with van der Waals surface area (Å²) in [6.45, 7) is 0. The molecule has 7 rings (SSSR count). The predicted octanol–water partition coefficient (Wildman–Crippen LogP) is 11.2. The lowest BCUT2D eigenvalue weighted by Gasteiger charge is -2.23. The van der Waals surface area contributed by atoms with Gasteiger partial charge in [0.05, 0.1) is 11.1 Å². The first kappa shape index (κ1) is 26.9. The number of hydrogen-bond donors (Lipinski definition) is 1. The van der Waals surface area contributed by atoms with Crippen LogP contribution in [0.2, 0.25) is 10.0 Å². The lowest BCUT2D eigenvalue weighted by atomic mass is 9.84. The summed E-state index contributed by atoms with van der Waals surface area (Å²) in [5.41, 5.74) is 5.40. The molecule has 6 heteroatoms. The second-order valence-corrected chi connectivity index (χ2v) is 13.0. The number of rotatable bonds is 4. The molecule has 0 amide bonds. The van der Waals surface area contributed by atoms with E-state index in [1.807, 2.05) is 72.8 Å². The normalized spacial score (nSPS) is 16.5. The first-order chi connectivity index (χ1) is 20.4. The second-order valence-electron chi connectivity index (χ2n) is 9.94. The van der Waals surface area contributed by atoms with Crippen LogP contribution in [0.25, 0.3) is 37.1 Å². The van der Waals surface area contributed by atoms with E-state index in [4.69, 9.17) is 23.2 Å². The average molecular weight is 621 g/mol. The van der Waals surface area contributed by atoms with Crippen molar-refractivity contribution in [3.8, 4) is 10.4 Å². The monoisotopic (exact) mass is 619 g/mol. The first-order valence-corrected chi connectivity index (χ1v) is 15.6. The molecule has 2 heterocycles. The summed E-state index contributed by atoms with van der Waals surface area (Å²) < 4.78 is 1.00. The molecule has 2 nitrogen and oxygen atoms in total. The van der Waals surface area contributed by atoms with Crippen LogP contribution in [-0.2, 0) is 4.79 Å². The number of carbonyl (C=O) groups is 1. The molecule has 1 N–H and O–H groups in total. The molecule has 0 spiro atoms. The molecule has 42 heavy (non-hydrogen) atoms. The highest BCUT2D eigenvalue weighted by atomic mass is 35.5. The van der Waals surface area contributed by atoms with Crippen molar-refractivity contribution in [2.45, 2.75) is 4.90 Å². The zero-order chi connectivity index (χ0) is 28.8. The van der Waals surface area contributed by atoms with Crippen molar-refractivity contribution < 1.29 is 9.90 Å². The van der Waals surface area contributed by atoms with E-state index in [9.17, 15) is 9.90 Å².